The molecule has 0 aromatic rings. The zero-order valence-corrected chi connectivity index (χ0v) is 7.33. The molecule has 11 heavy (non-hydrogen) atoms. The molecular formula is C8H18N2O. The van der Waals surface area contributed by atoms with Crippen LogP contribution in [0, 0.1) is 0 Å². The van der Waals surface area contributed by atoms with E-state index in [1.54, 1.807) is 0 Å². The second-order valence-corrected chi connectivity index (χ2v) is 3.70. The fraction of sp³-hybridized carbons (Fsp3) is 1.00. The predicted octanol–water partition coefficient (Wildman–Crippen LogP) is -0.211. The molecule has 66 valence electrons. The van der Waals surface area contributed by atoms with E-state index in [1.165, 1.54) is 0 Å². The molecule has 1 rings (SSSR count). The summed E-state index contributed by atoms with van der Waals surface area (Å²) < 4.78 is 0. The third kappa shape index (κ3) is 2.43. The molecule has 0 spiro atoms. The quantitative estimate of drug-likeness (QED) is 0.555. The van der Waals surface area contributed by atoms with Crippen molar-refractivity contribution in [1.82, 2.24) is 4.90 Å². The van der Waals surface area contributed by atoms with Crippen molar-refractivity contribution in [2.24, 2.45) is 5.73 Å². The van der Waals surface area contributed by atoms with Crippen molar-refractivity contribution in [1.29, 1.82) is 0 Å². The lowest BCUT2D eigenvalue weighted by atomic mass is 10.0. The van der Waals surface area contributed by atoms with Crippen LogP contribution >= 0.6 is 0 Å². The van der Waals surface area contributed by atoms with Gasteiger partial charge in [0.2, 0.25) is 0 Å². The number of hydrogen-bond acceptors (Lipinski definition) is 3. The minimum atomic E-state index is -0.221. The lowest BCUT2D eigenvalue weighted by Crippen LogP contribution is -2.51. The maximum Gasteiger partial charge on any atom is 0.0682 e. The average molecular weight is 158 g/mol. The van der Waals surface area contributed by atoms with Crippen LogP contribution in [0.4, 0.5) is 0 Å². The summed E-state index contributed by atoms with van der Waals surface area (Å²) in [6.45, 7) is 5.97. The highest BCUT2D eigenvalue weighted by Crippen LogP contribution is 2.11. The smallest absolute Gasteiger partial charge is 0.0682 e. The molecule has 0 aromatic carbocycles. The van der Waals surface area contributed by atoms with E-state index < -0.39 is 0 Å². The van der Waals surface area contributed by atoms with Gasteiger partial charge in [0.1, 0.15) is 0 Å². The molecule has 3 heteroatoms. The molecule has 0 amide bonds. The summed E-state index contributed by atoms with van der Waals surface area (Å²) in [5.74, 6) is 0. The highest BCUT2D eigenvalue weighted by atomic mass is 16.3. The van der Waals surface area contributed by atoms with Gasteiger partial charge in [0, 0.05) is 25.2 Å². The Balaban J connectivity index is 2.43. The van der Waals surface area contributed by atoms with Gasteiger partial charge < -0.3 is 10.8 Å². The normalized spacial score (nSPS) is 34.6. The summed E-state index contributed by atoms with van der Waals surface area (Å²) in [6.07, 6.45) is 0.532. The number of nitrogens with two attached hydrogens (primary N) is 1. The number of likely N-dealkylation sites (tertiary alicyclic amines) is 1. The van der Waals surface area contributed by atoms with Crippen LogP contribution in [0.5, 0.6) is 0 Å². The monoisotopic (exact) mass is 158 g/mol. The van der Waals surface area contributed by atoms with Crippen molar-refractivity contribution in [2.45, 2.75) is 38.5 Å². The summed E-state index contributed by atoms with van der Waals surface area (Å²) in [5, 5.41) is 9.38. The van der Waals surface area contributed by atoms with Crippen molar-refractivity contribution < 1.29 is 5.11 Å². The Hall–Kier alpha value is -0.120. The third-order valence-corrected chi connectivity index (χ3v) is 2.22. The molecule has 3 N–H and O–H groups in total. The van der Waals surface area contributed by atoms with Crippen LogP contribution in [0.2, 0.25) is 0 Å². The standard InChI is InChI=1S/C8H18N2O/c1-6(2)10-4-7(9)3-8(11)5-10/h6-8,11H,3-5,9H2,1-2H3/t7-,8+/m1/s1. The Labute approximate surface area is 68.2 Å². The molecular weight excluding hydrogens is 140 g/mol. The second-order valence-electron chi connectivity index (χ2n) is 3.70. The molecule has 0 unspecified atom stereocenters. The SMILES string of the molecule is CC(C)N1C[C@H](N)C[C@H](O)C1. The number of nitrogens with zero attached hydrogens (tertiary/aromatic N) is 1. The van der Waals surface area contributed by atoms with Gasteiger partial charge in [-0.25, -0.2) is 0 Å². The zero-order chi connectivity index (χ0) is 8.43. The molecule has 1 saturated heterocycles. The zero-order valence-electron chi connectivity index (χ0n) is 7.33. The van der Waals surface area contributed by atoms with Gasteiger partial charge in [-0.05, 0) is 20.3 Å². The van der Waals surface area contributed by atoms with Gasteiger partial charge in [-0.2, -0.15) is 0 Å². The highest BCUT2D eigenvalue weighted by Gasteiger charge is 2.24. The van der Waals surface area contributed by atoms with Crippen LogP contribution < -0.4 is 5.73 Å². The number of aliphatic hydroxyl groups is 1. The van der Waals surface area contributed by atoms with E-state index >= 15 is 0 Å². The van der Waals surface area contributed by atoms with E-state index in [0.29, 0.717) is 6.04 Å². The van der Waals surface area contributed by atoms with Crippen LogP contribution in [0.3, 0.4) is 0 Å². The molecule has 1 fully saturated rings. The maximum atomic E-state index is 9.38. The Morgan fingerprint density at radius 1 is 1.45 bits per heavy atom. The Kier molecular flexibility index (Phi) is 2.87. The topological polar surface area (TPSA) is 49.5 Å². The number of rotatable bonds is 1. The molecule has 0 aliphatic carbocycles. The summed E-state index contributed by atoms with van der Waals surface area (Å²) in [5.41, 5.74) is 5.75. The largest absolute Gasteiger partial charge is 0.392 e. The Morgan fingerprint density at radius 2 is 2.09 bits per heavy atom. The van der Waals surface area contributed by atoms with E-state index in [9.17, 15) is 5.11 Å². The van der Waals surface area contributed by atoms with E-state index in [1.807, 2.05) is 0 Å². The van der Waals surface area contributed by atoms with Crippen LogP contribution in [0.1, 0.15) is 20.3 Å². The maximum absolute atomic E-state index is 9.38. The first-order valence-corrected chi connectivity index (χ1v) is 4.27. The van der Waals surface area contributed by atoms with Crippen molar-refractivity contribution in [3.63, 3.8) is 0 Å². The van der Waals surface area contributed by atoms with Gasteiger partial charge in [-0.1, -0.05) is 0 Å². The lowest BCUT2D eigenvalue weighted by Gasteiger charge is -2.36. The van der Waals surface area contributed by atoms with Gasteiger partial charge >= 0.3 is 0 Å². The summed E-state index contributed by atoms with van der Waals surface area (Å²) in [4.78, 5) is 2.22. The average Bonchev–Trinajstić information content (AvgIpc) is 1.85. The van der Waals surface area contributed by atoms with Gasteiger partial charge in [-0.15, -0.1) is 0 Å². The first-order chi connectivity index (χ1) is 5.09. The second kappa shape index (κ2) is 3.52. The molecule has 2 atom stereocenters. The first kappa shape index (κ1) is 8.97. The van der Waals surface area contributed by atoms with Gasteiger partial charge in [0.25, 0.3) is 0 Å². The third-order valence-electron chi connectivity index (χ3n) is 2.22. The number of β-amino-alcohol motifs (C(OH)–C–C–N with tert-alkyl or cyclic N) is 1. The van der Waals surface area contributed by atoms with Crippen LogP contribution in [-0.2, 0) is 0 Å². The van der Waals surface area contributed by atoms with Crippen molar-refractivity contribution in [3.8, 4) is 0 Å². The molecule has 1 heterocycles. The molecule has 1 aliphatic rings. The predicted molar refractivity (Wildman–Crippen MR) is 45.3 cm³/mol. The minimum absolute atomic E-state index is 0.154. The first-order valence-electron chi connectivity index (χ1n) is 4.27. The van der Waals surface area contributed by atoms with E-state index in [-0.39, 0.29) is 12.1 Å². The molecule has 0 radical (unpaired) electrons. The van der Waals surface area contributed by atoms with E-state index in [4.69, 9.17) is 5.73 Å². The van der Waals surface area contributed by atoms with Crippen LogP contribution in [-0.4, -0.2) is 41.3 Å². The number of hydrogen-bond donors (Lipinski definition) is 2. The number of aliphatic hydroxyl groups excluding tert-OH is 1. The van der Waals surface area contributed by atoms with Gasteiger partial charge in [-0.3, -0.25) is 4.90 Å². The van der Waals surface area contributed by atoms with E-state index in [2.05, 4.69) is 18.7 Å². The van der Waals surface area contributed by atoms with Crippen molar-refractivity contribution in [2.75, 3.05) is 13.1 Å². The molecule has 3 nitrogen and oxygen atoms in total. The fourth-order valence-corrected chi connectivity index (χ4v) is 1.57. The van der Waals surface area contributed by atoms with Crippen LogP contribution in [0.15, 0.2) is 0 Å². The summed E-state index contributed by atoms with van der Waals surface area (Å²) in [7, 11) is 0. The van der Waals surface area contributed by atoms with Gasteiger partial charge in [0.15, 0.2) is 0 Å². The Bertz CT molecular complexity index is 117. The summed E-state index contributed by atoms with van der Waals surface area (Å²) >= 11 is 0. The fourth-order valence-electron chi connectivity index (χ4n) is 1.57. The van der Waals surface area contributed by atoms with Gasteiger partial charge in [0.05, 0.1) is 6.10 Å². The Morgan fingerprint density at radius 3 is 2.55 bits per heavy atom. The molecule has 1 aliphatic heterocycles. The lowest BCUT2D eigenvalue weighted by molar-refractivity contribution is 0.0447. The van der Waals surface area contributed by atoms with Crippen molar-refractivity contribution >= 4 is 0 Å². The molecule has 0 saturated carbocycles. The highest BCUT2D eigenvalue weighted by molar-refractivity contribution is 4.82. The van der Waals surface area contributed by atoms with Crippen LogP contribution in [0.25, 0.3) is 0 Å². The minimum Gasteiger partial charge on any atom is -0.392 e. The molecule has 0 aromatic heterocycles. The molecule has 0 bridgehead atoms. The number of piperidine rings is 1. The van der Waals surface area contributed by atoms with E-state index in [0.717, 1.165) is 19.5 Å². The summed E-state index contributed by atoms with van der Waals surface area (Å²) in [6, 6.07) is 0.650. The van der Waals surface area contributed by atoms with Crippen molar-refractivity contribution in [3.05, 3.63) is 0 Å².